The molecule has 0 atom stereocenters. The number of ether oxygens (including phenoxy) is 2. The average Bonchev–Trinajstić information content (AvgIpc) is 2.93. The highest BCUT2D eigenvalue weighted by Crippen LogP contribution is 2.30. The smallest absolute Gasteiger partial charge is 0.344 e. The largest absolute Gasteiger partial charge is 0.482 e. The number of nitrogens with zero attached hydrogens (tertiary/aromatic N) is 2. The Morgan fingerprint density at radius 3 is 2.41 bits per heavy atom. The zero-order valence-corrected chi connectivity index (χ0v) is 23.9. The van der Waals surface area contributed by atoms with Gasteiger partial charge in [-0.25, -0.2) is 18.6 Å². The predicted octanol–water partition coefficient (Wildman–Crippen LogP) is 4.62. The summed E-state index contributed by atoms with van der Waals surface area (Å²) in [6.07, 6.45) is 3.30. The Labute approximate surface area is 241 Å². The van der Waals surface area contributed by atoms with Crippen LogP contribution in [0.15, 0.2) is 82.8 Å². The van der Waals surface area contributed by atoms with Crippen LogP contribution in [0.25, 0.3) is 0 Å². The summed E-state index contributed by atoms with van der Waals surface area (Å²) in [6.45, 7) is -0.445. The summed E-state index contributed by atoms with van der Waals surface area (Å²) in [5.41, 5.74) is 3.12. The van der Waals surface area contributed by atoms with Gasteiger partial charge in [0, 0.05) is 5.75 Å². The second kappa shape index (κ2) is 14.8. The molecule has 3 aromatic rings. The third-order valence-corrected chi connectivity index (χ3v) is 8.10. The van der Waals surface area contributed by atoms with Gasteiger partial charge in [0.25, 0.3) is 15.9 Å². The molecule has 39 heavy (non-hydrogen) atoms. The first-order valence-corrected chi connectivity index (χ1v) is 15.0. The molecular formula is C26H25Cl2N3O6S2. The molecule has 9 nitrogen and oxygen atoms in total. The van der Waals surface area contributed by atoms with Crippen molar-refractivity contribution >= 4 is 68.8 Å². The second-order valence-electron chi connectivity index (χ2n) is 7.79. The first-order chi connectivity index (χ1) is 18.7. The molecule has 0 aromatic heterocycles. The van der Waals surface area contributed by atoms with E-state index < -0.39 is 28.4 Å². The lowest BCUT2D eigenvalue weighted by atomic mass is 10.2. The molecule has 0 saturated heterocycles. The van der Waals surface area contributed by atoms with Crippen LogP contribution >= 0.6 is 35.0 Å². The first kappa shape index (κ1) is 30.3. The van der Waals surface area contributed by atoms with Crippen molar-refractivity contribution < 1.29 is 27.5 Å². The molecule has 206 valence electrons. The molecule has 0 radical (unpaired) electrons. The lowest BCUT2D eigenvalue weighted by molar-refractivity contribution is -0.145. The molecule has 1 N–H and O–H groups in total. The van der Waals surface area contributed by atoms with Crippen LogP contribution in [0.5, 0.6) is 5.75 Å². The van der Waals surface area contributed by atoms with Crippen LogP contribution < -0.4 is 14.5 Å². The number of nitrogens with one attached hydrogen (secondary N) is 1. The number of carbonyl (C=O) groups excluding carboxylic acids is 2. The molecular weight excluding hydrogens is 585 g/mol. The van der Waals surface area contributed by atoms with Gasteiger partial charge in [-0.1, -0.05) is 41.4 Å². The molecule has 0 fully saturated rings. The second-order valence-corrected chi connectivity index (χ2v) is 11.4. The molecule has 3 rings (SSSR count). The Kier molecular flexibility index (Phi) is 11.5. The highest BCUT2D eigenvalue weighted by molar-refractivity contribution is 7.98. The van der Waals surface area contributed by atoms with Crippen molar-refractivity contribution in [3.05, 3.63) is 88.4 Å². The van der Waals surface area contributed by atoms with Crippen molar-refractivity contribution in [3.63, 3.8) is 0 Å². The third kappa shape index (κ3) is 9.17. The van der Waals surface area contributed by atoms with Crippen LogP contribution in [0, 0.1) is 0 Å². The quantitative estimate of drug-likeness (QED) is 0.130. The van der Waals surface area contributed by atoms with Crippen LogP contribution in [-0.4, -0.2) is 58.3 Å². The van der Waals surface area contributed by atoms with Gasteiger partial charge in [0.1, 0.15) is 18.9 Å². The van der Waals surface area contributed by atoms with Gasteiger partial charge >= 0.3 is 5.97 Å². The fraction of sp³-hybridized carbons (Fsp3) is 0.192. The van der Waals surface area contributed by atoms with Gasteiger partial charge in [-0.15, -0.1) is 0 Å². The lowest BCUT2D eigenvalue weighted by Gasteiger charge is -2.24. The summed E-state index contributed by atoms with van der Waals surface area (Å²) < 4.78 is 38.0. The van der Waals surface area contributed by atoms with E-state index in [4.69, 9.17) is 32.7 Å². The number of benzene rings is 3. The molecule has 0 aliphatic heterocycles. The molecule has 3 aromatic carbocycles. The zero-order valence-electron chi connectivity index (χ0n) is 20.8. The Hall–Kier alpha value is -3.25. The van der Waals surface area contributed by atoms with E-state index in [2.05, 4.69) is 10.5 Å². The monoisotopic (exact) mass is 609 g/mol. The maximum absolute atomic E-state index is 13.3. The molecule has 0 spiro atoms. The maximum Gasteiger partial charge on any atom is 0.344 e. The SMILES string of the molecule is CSCCOC(=O)COc1ccc(C=NNC(=O)CN(c2ccc(Cl)c(Cl)c2)S(=O)(=O)c2ccccc2)cc1. The van der Waals surface area contributed by atoms with Crippen LogP contribution in [0.3, 0.4) is 0 Å². The summed E-state index contributed by atoms with van der Waals surface area (Å²) in [5, 5.41) is 4.29. The Morgan fingerprint density at radius 1 is 1.03 bits per heavy atom. The van der Waals surface area contributed by atoms with Gasteiger partial charge in [0.15, 0.2) is 6.61 Å². The minimum Gasteiger partial charge on any atom is -0.482 e. The first-order valence-electron chi connectivity index (χ1n) is 11.4. The lowest BCUT2D eigenvalue weighted by Crippen LogP contribution is -2.39. The van der Waals surface area contributed by atoms with Gasteiger partial charge in [0.05, 0.1) is 26.8 Å². The highest BCUT2D eigenvalue weighted by Gasteiger charge is 2.27. The summed E-state index contributed by atoms with van der Waals surface area (Å²) >= 11 is 13.7. The number of halogens is 2. The van der Waals surface area contributed by atoms with Crippen molar-refractivity contribution in [2.45, 2.75) is 4.90 Å². The fourth-order valence-corrected chi connectivity index (χ4v) is 5.07. The van der Waals surface area contributed by atoms with Crippen LogP contribution in [0.1, 0.15) is 5.56 Å². The van der Waals surface area contributed by atoms with Crippen molar-refractivity contribution in [1.82, 2.24) is 5.43 Å². The Bertz CT molecular complexity index is 1400. The van der Waals surface area contributed by atoms with Crippen molar-refractivity contribution in [3.8, 4) is 5.75 Å². The number of hydrazone groups is 1. The number of amides is 1. The average molecular weight is 611 g/mol. The number of sulfonamides is 1. The predicted molar refractivity (Wildman–Crippen MR) is 154 cm³/mol. The number of hydrogen-bond acceptors (Lipinski definition) is 8. The Balaban J connectivity index is 1.63. The van der Waals surface area contributed by atoms with Gasteiger partial charge in [-0.05, 0) is 66.4 Å². The molecule has 0 unspecified atom stereocenters. The summed E-state index contributed by atoms with van der Waals surface area (Å²) in [5.74, 6) is 0.0342. The highest BCUT2D eigenvalue weighted by atomic mass is 35.5. The van der Waals surface area contributed by atoms with E-state index in [9.17, 15) is 18.0 Å². The number of hydrogen-bond donors (Lipinski definition) is 1. The standard InChI is InChI=1S/C26H25Cl2N3O6S2/c1-38-14-13-36-26(33)18-37-21-10-7-19(8-11-21)16-29-30-25(32)17-31(20-9-12-23(27)24(28)15-20)39(34,35)22-5-3-2-4-6-22/h2-12,15-16H,13-14,17-18H2,1H3,(H,30,32). The number of rotatable bonds is 13. The van der Waals surface area contributed by atoms with Crippen molar-refractivity contribution in [2.75, 3.05) is 36.1 Å². The summed E-state index contributed by atoms with van der Waals surface area (Å²) in [6, 6.07) is 18.6. The fourth-order valence-electron chi connectivity index (χ4n) is 3.09. The number of thioether (sulfide) groups is 1. The molecule has 0 saturated carbocycles. The number of esters is 1. The van der Waals surface area contributed by atoms with Gasteiger partial charge in [0.2, 0.25) is 0 Å². The molecule has 0 heterocycles. The van der Waals surface area contributed by atoms with E-state index in [1.807, 2.05) is 6.26 Å². The van der Waals surface area contributed by atoms with E-state index in [1.165, 1.54) is 36.5 Å². The van der Waals surface area contributed by atoms with E-state index >= 15 is 0 Å². The van der Waals surface area contributed by atoms with Gasteiger partial charge < -0.3 is 9.47 Å². The maximum atomic E-state index is 13.3. The Morgan fingerprint density at radius 2 is 1.74 bits per heavy atom. The normalized spacial score (nSPS) is 11.3. The molecule has 0 bridgehead atoms. The molecule has 1 amide bonds. The molecule has 0 aliphatic carbocycles. The third-order valence-electron chi connectivity index (χ3n) is 5.00. The van der Waals surface area contributed by atoms with E-state index in [-0.39, 0.29) is 27.2 Å². The summed E-state index contributed by atoms with van der Waals surface area (Å²) in [7, 11) is -4.11. The van der Waals surface area contributed by atoms with E-state index in [0.717, 1.165) is 4.31 Å². The van der Waals surface area contributed by atoms with Crippen LogP contribution in [0.2, 0.25) is 10.0 Å². The van der Waals surface area contributed by atoms with Crippen molar-refractivity contribution in [1.29, 1.82) is 0 Å². The van der Waals surface area contributed by atoms with E-state index in [1.54, 1.807) is 54.2 Å². The molecule has 13 heteroatoms. The topological polar surface area (TPSA) is 114 Å². The number of carbonyl (C=O) groups is 2. The van der Waals surface area contributed by atoms with E-state index in [0.29, 0.717) is 23.7 Å². The molecule has 0 aliphatic rings. The van der Waals surface area contributed by atoms with Crippen LogP contribution in [0.4, 0.5) is 5.69 Å². The van der Waals surface area contributed by atoms with Crippen LogP contribution in [-0.2, 0) is 24.3 Å². The minimum absolute atomic E-state index is 0.00269. The van der Waals surface area contributed by atoms with Crippen molar-refractivity contribution in [2.24, 2.45) is 5.10 Å². The minimum atomic E-state index is -4.11. The summed E-state index contributed by atoms with van der Waals surface area (Å²) in [4.78, 5) is 24.3. The van der Waals surface area contributed by atoms with Gasteiger partial charge in [-0.3, -0.25) is 9.10 Å². The zero-order chi connectivity index (χ0) is 28.3. The number of anilines is 1. The van der Waals surface area contributed by atoms with Gasteiger partial charge in [-0.2, -0.15) is 16.9 Å².